The maximum atomic E-state index is 14.0. The van der Waals surface area contributed by atoms with E-state index in [0.717, 1.165) is 12.1 Å². The third-order valence-corrected chi connectivity index (χ3v) is 7.23. The molecule has 0 bridgehead atoms. The van der Waals surface area contributed by atoms with E-state index in [1.54, 1.807) is 16.7 Å². The van der Waals surface area contributed by atoms with Crippen molar-refractivity contribution >= 4 is 11.9 Å². The van der Waals surface area contributed by atoms with Crippen molar-refractivity contribution < 1.29 is 36.6 Å². The first-order chi connectivity index (χ1) is 15.3. The molecule has 4 rings (SSSR count). The number of likely N-dealkylation sites (tertiary alicyclic amines) is 2. The van der Waals surface area contributed by atoms with Crippen LogP contribution in [-0.2, 0) is 27.1 Å². The molecule has 33 heavy (non-hydrogen) atoms. The number of piperidine rings is 1. The third-order valence-electron chi connectivity index (χ3n) is 7.23. The van der Waals surface area contributed by atoms with Crippen molar-refractivity contribution in [3.63, 3.8) is 0 Å². The maximum absolute atomic E-state index is 14.0. The molecule has 3 heterocycles. The SMILES string of the molecule is CC1C(OCc2ccc(C(F)(F)F)cc2F)CN1C(=O)N1CC[C@]2(C)OCC(=O)N[C@]2(C)C1. The van der Waals surface area contributed by atoms with Crippen molar-refractivity contribution in [2.24, 2.45) is 0 Å². The van der Waals surface area contributed by atoms with E-state index in [0.29, 0.717) is 25.6 Å². The lowest BCUT2D eigenvalue weighted by atomic mass is 9.75. The largest absolute Gasteiger partial charge is 0.416 e. The zero-order valence-corrected chi connectivity index (χ0v) is 18.7. The summed E-state index contributed by atoms with van der Waals surface area (Å²) in [6.07, 6.45) is -4.40. The van der Waals surface area contributed by atoms with Crippen LogP contribution >= 0.6 is 0 Å². The van der Waals surface area contributed by atoms with Crippen LogP contribution < -0.4 is 5.32 Å². The summed E-state index contributed by atoms with van der Waals surface area (Å²) in [7, 11) is 0. The van der Waals surface area contributed by atoms with Gasteiger partial charge in [-0.3, -0.25) is 4.79 Å². The van der Waals surface area contributed by atoms with Crippen LogP contribution in [0.25, 0.3) is 0 Å². The van der Waals surface area contributed by atoms with Gasteiger partial charge < -0.3 is 24.6 Å². The molecule has 3 saturated heterocycles. The van der Waals surface area contributed by atoms with Gasteiger partial charge >= 0.3 is 12.2 Å². The molecule has 2 unspecified atom stereocenters. The monoisotopic (exact) mass is 473 g/mol. The molecule has 3 aliphatic rings. The lowest BCUT2D eigenvalue weighted by Crippen LogP contribution is -2.76. The number of alkyl halides is 3. The Hall–Kier alpha value is -2.40. The topological polar surface area (TPSA) is 71.1 Å². The molecule has 0 aliphatic carbocycles. The van der Waals surface area contributed by atoms with Crippen molar-refractivity contribution in [1.82, 2.24) is 15.1 Å². The smallest absolute Gasteiger partial charge is 0.369 e. The molecule has 7 nitrogen and oxygen atoms in total. The molecule has 3 amide bonds. The molecular weight excluding hydrogens is 446 g/mol. The molecule has 0 radical (unpaired) electrons. The van der Waals surface area contributed by atoms with E-state index in [9.17, 15) is 27.2 Å². The number of morpholine rings is 1. The van der Waals surface area contributed by atoms with Crippen LogP contribution in [0.3, 0.4) is 0 Å². The van der Waals surface area contributed by atoms with Crippen LogP contribution in [0.2, 0.25) is 0 Å². The molecule has 3 fully saturated rings. The van der Waals surface area contributed by atoms with Gasteiger partial charge in [0.2, 0.25) is 5.91 Å². The van der Waals surface area contributed by atoms with Gasteiger partial charge in [0.15, 0.2) is 0 Å². The average molecular weight is 473 g/mol. The summed E-state index contributed by atoms with van der Waals surface area (Å²) < 4.78 is 63.6. The number of hydrogen-bond donors (Lipinski definition) is 1. The average Bonchev–Trinajstić information content (AvgIpc) is 2.73. The molecule has 0 spiro atoms. The van der Waals surface area contributed by atoms with Crippen molar-refractivity contribution in [3.05, 3.63) is 35.1 Å². The highest BCUT2D eigenvalue weighted by Gasteiger charge is 2.55. The quantitative estimate of drug-likeness (QED) is 0.686. The first-order valence-electron chi connectivity index (χ1n) is 10.8. The Morgan fingerprint density at radius 3 is 2.70 bits per heavy atom. The van der Waals surface area contributed by atoms with Gasteiger partial charge in [0.05, 0.1) is 42.0 Å². The Labute approximate surface area is 189 Å². The summed E-state index contributed by atoms with van der Waals surface area (Å²) in [6, 6.07) is 1.87. The number of carbonyl (C=O) groups is 2. The minimum atomic E-state index is -4.61. The van der Waals surface area contributed by atoms with E-state index in [1.807, 2.05) is 13.8 Å². The van der Waals surface area contributed by atoms with Gasteiger partial charge in [-0.25, -0.2) is 9.18 Å². The fraction of sp³-hybridized carbons (Fsp3) is 0.636. The molecule has 3 aliphatic heterocycles. The highest BCUT2D eigenvalue weighted by atomic mass is 19.4. The minimum absolute atomic E-state index is 0.00173. The van der Waals surface area contributed by atoms with Gasteiger partial charge in [0.25, 0.3) is 0 Å². The number of ether oxygens (including phenoxy) is 2. The predicted molar refractivity (Wildman–Crippen MR) is 109 cm³/mol. The van der Waals surface area contributed by atoms with Crippen LogP contribution in [0, 0.1) is 5.82 Å². The van der Waals surface area contributed by atoms with Gasteiger partial charge in [-0.15, -0.1) is 0 Å². The number of nitrogens with one attached hydrogen (secondary N) is 1. The Morgan fingerprint density at radius 2 is 2.06 bits per heavy atom. The summed E-state index contributed by atoms with van der Waals surface area (Å²) in [6.45, 7) is 6.49. The van der Waals surface area contributed by atoms with Gasteiger partial charge in [-0.2, -0.15) is 13.2 Å². The Kier molecular flexibility index (Phi) is 5.84. The van der Waals surface area contributed by atoms with Crippen molar-refractivity contribution in [2.75, 3.05) is 26.2 Å². The molecule has 1 aromatic carbocycles. The van der Waals surface area contributed by atoms with Crippen LogP contribution in [0.4, 0.5) is 22.4 Å². The second-order valence-corrected chi connectivity index (χ2v) is 9.40. The zero-order valence-electron chi connectivity index (χ0n) is 18.7. The normalized spacial score (nSPS) is 32.2. The minimum Gasteiger partial charge on any atom is -0.369 e. The first kappa shape index (κ1) is 23.7. The van der Waals surface area contributed by atoms with Crippen molar-refractivity contribution in [3.8, 4) is 0 Å². The fourth-order valence-corrected chi connectivity index (χ4v) is 4.63. The van der Waals surface area contributed by atoms with Crippen LogP contribution in [-0.4, -0.2) is 71.3 Å². The summed E-state index contributed by atoms with van der Waals surface area (Å²) >= 11 is 0. The fourth-order valence-electron chi connectivity index (χ4n) is 4.63. The molecule has 0 aromatic heterocycles. The number of fused-ring (bicyclic) bond motifs is 1. The van der Waals surface area contributed by atoms with E-state index in [1.165, 1.54) is 0 Å². The summed E-state index contributed by atoms with van der Waals surface area (Å²) in [4.78, 5) is 28.3. The number of hydrogen-bond acceptors (Lipinski definition) is 4. The van der Waals surface area contributed by atoms with Gasteiger partial charge in [0, 0.05) is 18.7 Å². The van der Waals surface area contributed by atoms with E-state index >= 15 is 0 Å². The van der Waals surface area contributed by atoms with Crippen LogP contribution in [0.15, 0.2) is 18.2 Å². The second kappa shape index (κ2) is 8.12. The van der Waals surface area contributed by atoms with Crippen molar-refractivity contribution in [1.29, 1.82) is 0 Å². The van der Waals surface area contributed by atoms with E-state index in [2.05, 4.69) is 5.32 Å². The lowest BCUT2D eigenvalue weighted by Gasteiger charge is -2.56. The number of nitrogens with zero attached hydrogens (tertiary/aromatic N) is 2. The maximum Gasteiger partial charge on any atom is 0.416 e. The van der Waals surface area contributed by atoms with Gasteiger partial charge in [0.1, 0.15) is 12.4 Å². The number of rotatable bonds is 3. The molecule has 182 valence electrons. The third kappa shape index (κ3) is 4.28. The Bertz CT molecular complexity index is 958. The predicted octanol–water partition coefficient (Wildman–Crippen LogP) is 2.92. The highest BCUT2D eigenvalue weighted by molar-refractivity contribution is 5.80. The number of benzene rings is 1. The number of halogens is 4. The summed E-state index contributed by atoms with van der Waals surface area (Å²) in [5.41, 5.74) is -2.30. The molecule has 0 saturated carbocycles. The van der Waals surface area contributed by atoms with E-state index < -0.39 is 28.7 Å². The first-order valence-corrected chi connectivity index (χ1v) is 10.8. The van der Waals surface area contributed by atoms with Crippen molar-refractivity contribution in [2.45, 2.75) is 63.3 Å². The van der Waals surface area contributed by atoms with Crippen LogP contribution in [0.1, 0.15) is 38.3 Å². The highest BCUT2D eigenvalue weighted by Crippen LogP contribution is 2.38. The molecule has 11 heteroatoms. The lowest BCUT2D eigenvalue weighted by molar-refractivity contribution is -0.174. The Morgan fingerprint density at radius 1 is 1.33 bits per heavy atom. The Balaban J connectivity index is 1.32. The molecule has 1 N–H and O–H groups in total. The second-order valence-electron chi connectivity index (χ2n) is 9.40. The van der Waals surface area contributed by atoms with E-state index in [-0.39, 0.29) is 49.4 Å². The molecule has 1 aromatic rings. The number of amides is 3. The number of urea groups is 1. The van der Waals surface area contributed by atoms with Gasteiger partial charge in [-0.05, 0) is 39.3 Å². The molecule has 4 atom stereocenters. The standard InChI is InChI=1S/C22H27F4N3O4/c1-13-17(32-10-14-4-5-15(8-16(14)23)22(24,25)26)9-29(13)19(31)28-7-6-21(3)20(2,12-28)27-18(30)11-33-21/h4-5,8,13,17H,6-7,9-12H2,1-3H3,(H,27,30)/t13?,17?,20-,21+/m1/s1. The van der Waals surface area contributed by atoms with Gasteiger partial charge in [-0.1, -0.05) is 6.07 Å². The zero-order chi connectivity index (χ0) is 24.2. The summed E-state index contributed by atoms with van der Waals surface area (Å²) in [5, 5.41) is 2.97. The summed E-state index contributed by atoms with van der Waals surface area (Å²) in [5.74, 6) is -1.20. The molecular formula is C22H27F4N3O4. The number of carbonyl (C=O) groups excluding carboxylic acids is 2. The van der Waals surface area contributed by atoms with E-state index in [4.69, 9.17) is 9.47 Å². The van der Waals surface area contributed by atoms with Crippen LogP contribution in [0.5, 0.6) is 0 Å².